The van der Waals surface area contributed by atoms with Gasteiger partial charge in [-0.3, -0.25) is 4.79 Å². The summed E-state index contributed by atoms with van der Waals surface area (Å²) in [6.07, 6.45) is 0. The smallest absolute Gasteiger partial charge is 0.358 e. The summed E-state index contributed by atoms with van der Waals surface area (Å²) in [5, 5.41) is 4.80. The Kier molecular flexibility index (Phi) is 7.88. The Morgan fingerprint density at radius 2 is 1.87 bits per heavy atom. The molecule has 1 aromatic carbocycles. The molecule has 2 aromatic heterocycles. The number of carbonyl (C=O) groups is 3. The largest absolute Gasteiger partial charge is 0.462 e. The van der Waals surface area contributed by atoms with Crippen molar-refractivity contribution in [1.82, 2.24) is 4.98 Å². The predicted octanol–water partition coefficient (Wildman–Crippen LogP) is 3.99. The number of nitrogens with zero attached hydrogens (tertiary/aromatic N) is 1. The highest BCUT2D eigenvalue weighted by molar-refractivity contribution is 7.18. The second kappa shape index (κ2) is 10.8. The van der Waals surface area contributed by atoms with E-state index in [2.05, 4.69) is 10.3 Å². The number of nitrogens with one attached hydrogen (secondary N) is 1. The fourth-order valence-corrected chi connectivity index (χ4v) is 4.31. The Morgan fingerprint density at radius 3 is 2.58 bits per heavy atom. The number of benzene rings is 1. The molecule has 0 saturated heterocycles. The predicted molar refractivity (Wildman–Crippen MR) is 117 cm³/mol. The van der Waals surface area contributed by atoms with E-state index < -0.39 is 24.5 Å². The summed E-state index contributed by atoms with van der Waals surface area (Å²) >= 11 is 2.48. The van der Waals surface area contributed by atoms with Crippen LogP contribution in [0.2, 0.25) is 0 Å². The van der Waals surface area contributed by atoms with Gasteiger partial charge in [-0.15, -0.1) is 22.7 Å². The summed E-state index contributed by atoms with van der Waals surface area (Å²) in [4.78, 5) is 41.9. The van der Waals surface area contributed by atoms with Crippen LogP contribution < -0.4 is 5.32 Å². The van der Waals surface area contributed by atoms with Crippen molar-refractivity contribution in [1.29, 1.82) is 0 Å². The minimum atomic E-state index is -0.713. The molecule has 1 amide bonds. The number of hydrogen-bond donors (Lipinski definition) is 1. The van der Waals surface area contributed by atoms with Crippen molar-refractivity contribution in [3.63, 3.8) is 0 Å². The molecule has 2 heterocycles. The average Bonchev–Trinajstić information content (AvgIpc) is 3.41. The van der Waals surface area contributed by atoms with Crippen LogP contribution in [0, 0.1) is 0 Å². The van der Waals surface area contributed by atoms with Gasteiger partial charge in [0.05, 0.1) is 18.9 Å². The van der Waals surface area contributed by atoms with Gasteiger partial charge < -0.3 is 19.5 Å². The third-order valence-corrected chi connectivity index (χ3v) is 5.87. The Balaban J connectivity index is 1.68. The first-order chi connectivity index (χ1) is 15.0. The SMILES string of the molecule is CCOC(=O)c1sc(-c2ccccc2)cc1NC(=O)COC(=O)c1csc(COC)n1. The van der Waals surface area contributed by atoms with Gasteiger partial charge in [0.2, 0.25) is 0 Å². The molecule has 0 spiro atoms. The second-order valence-corrected chi connectivity index (χ2v) is 8.12. The number of carbonyl (C=O) groups excluding carboxylic acids is 3. The lowest BCUT2D eigenvalue weighted by Gasteiger charge is -2.06. The van der Waals surface area contributed by atoms with Crippen LogP contribution in [0.1, 0.15) is 32.1 Å². The number of thiazole rings is 1. The zero-order chi connectivity index (χ0) is 22.2. The molecule has 0 atom stereocenters. The van der Waals surface area contributed by atoms with E-state index in [9.17, 15) is 14.4 Å². The minimum Gasteiger partial charge on any atom is -0.462 e. The van der Waals surface area contributed by atoms with Gasteiger partial charge in [0.15, 0.2) is 12.3 Å². The lowest BCUT2D eigenvalue weighted by molar-refractivity contribution is -0.119. The van der Waals surface area contributed by atoms with Gasteiger partial charge in [-0.25, -0.2) is 14.6 Å². The van der Waals surface area contributed by atoms with Crippen molar-refractivity contribution < 1.29 is 28.6 Å². The van der Waals surface area contributed by atoms with Crippen molar-refractivity contribution in [3.05, 3.63) is 57.4 Å². The molecule has 3 aromatic rings. The summed E-state index contributed by atoms with van der Waals surface area (Å²) in [5.41, 5.74) is 1.32. The van der Waals surface area contributed by atoms with Crippen LogP contribution in [-0.2, 0) is 25.6 Å². The van der Waals surface area contributed by atoms with Crippen LogP contribution in [0.3, 0.4) is 0 Å². The fraction of sp³-hybridized carbons (Fsp3) is 0.238. The fourth-order valence-electron chi connectivity index (χ4n) is 2.56. The van der Waals surface area contributed by atoms with Crippen LogP contribution in [-0.4, -0.2) is 43.2 Å². The molecule has 31 heavy (non-hydrogen) atoms. The molecule has 0 fully saturated rings. The van der Waals surface area contributed by atoms with Crippen molar-refractivity contribution in [2.75, 3.05) is 25.6 Å². The van der Waals surface area contributed by atoms with E-state index in [0.717, 1.165) is 10.4 Å². The van der Waals surface area contributed by atoms with E-state index in [1.165, 1.54) is 29.8 Å². The number of aromatic nitrogens is 1. The van der Waals surface area contributed by atoms with Gasteiger partial charge in [-0.1, -0.05) is 30.3 Å². The molecule has 0 saturated carbocycles. The lowest BCUT2D eigenvalue weighted by atomic mass is 10.2. The number of amides is 1. The maximum atomic E-state index is 12.4. The van der Waals surface area contributed by atoms with Crippen LogP contribution in [0.25, 0.3) is 10.4 Å². The Labute approximate surface area is 186 Å². The van der Waals surface area contributed by atoms with E-state index in [1.807, 2.05) is 30.3 Å². The quantitative estimate of drug-likeness (QED) is 0.482. The topological polar surface area (TPSA) is 104 Å². The second-order valence-electron chi connectivity index (χ2n) is 6.12. The molecular formula is C21H20N2O6S2. The van der Waals surface area contributed by atoms with Crippen molar-refractivity contribution in [2.45, 2.75) is 13.5 Å². The molecule has 3 rings (SSSR count). The zero-order valence-electron chi connectivity index (χ0n) is 16.9. The maximum absolute atomic E-state index is 12.4. The normalized spacial score (nSPS) is 10.5. The average molecular weight is 461 g/mol. The summed E-state index contributed by atoms with van der Waals surface area (Å²) in [6.45, 7) is 1.69. The summed E-state index contributed by atoms with van der Waals surface area (Å²) < 4.78 is 15.1. The van der Waals surface area contributed by atoms with Gasteiger partial charge in [-0.2, -0.15) is 0 Å². The number of methoxy groups -OCH3 is 1. The molecule has 1 N–H and O–H groups in total. The Bertz CT molecular complexity index is 1060. The third-order valence-electron chi connectivity index (χ3n) is 3.89. The zero-order valence-corrected chi connectivity index (χ0v) is 18.5. The molecule has 0 aliphatic heterocycles. The van der Waals surface area contributed by atoms with Gasteiger partial charge in [-0.05, 0) is 18.6 Å². The molecule has 162 valence electrons. The molecule has 0 unspecified atom stereocenters. The molecular weight excluding hydrogens is 440 g/mol. The first kappa shape index (κ1) is 22.6. The standard InChI is InChI=1S/C21H20N2O6S2/c1-3-28-21(26)19-14(9-16(31-19)13-7-5-4-6-8-13)22-17(24)10-29-20(25)15-12-30-18(23-15)11-27-2/h4-9,12H,3,10-11H2,1-2H3,(H,22,24). The van der Waals surface area contributed by atoms with E-state index in [1.54, 1.807) is 18.4 Å². The van der Waals surface area contributed by atoms with Crippen LogP contribution in [0.15, 0.2) is 41.8 Å². The van der Waals surface area contributed by atoms with Gasteiger partial charge in [0.1, 0.15) is 9.88 Å². The molecule has 0 aliphatic carbocycles. The number of thiophene rings is 1. The summed E-state index contributed by atoms with van der Waals surface area (Å²) in [5.74, 6) is -1.83. The minimum absolute atomic E-state index is 0.110. The molecule has 0 bridgehead atoms. The van der Waals surface area contributed by atoms with E-state index in [0.29, 0.717) is 10.7 Å². The van der Waals surface area contributed by atoms with Gasteiger partial charge in [0.25, 0.3) is 5.91 Å². The molecule has 0 radical (unpaired) electrons. The van der Waals surface area contributed by atoms with Gasteiger partial charge in [0, 0.05) is 17.4 Å². The third kappa shape index (κ3) is 5.97. The molecule has 0 aliphatic rings. The Hall–Kier alpha value is -3.08. The first-order valence-electron chi connectivity index (χ1n) is 9.28. The van der Waals surface area contributed by atoms with Crippen LogP contribution >= 0.6 is 22.7 Å². The number of esters is 2. The lowest BCUT2D eigenvalue weighted by Crippen LogP contribution is -2.22. The highest BCUT2D eigenvalue weighted by atomic mass is 32.1. The maximum Gasteiger partial charge on any atom is 0.358 e. The van der Waals surface area contributed by atoms with E-state index >= 15 is 0 Å². The Morgan fingerprint density at radius 1 is 1.10 bits per heavy atom. The number of anilines is 1. The summed E-state index contributed by atoms with van der Waals surface area (Å²) in [6, 6.07) is 11.2. The van der Waals surface area contributed by atoms with Crippen molar-refractivity contribution >= 4 is 46.2 Å². The van der Waals surface area contributed by atoms with Crippen molar-refractivity contribution in [2.24, 2.45) is 0 Å². The summed E-state index contributed by atoms with van der Waals surface area (Å²) in [7, 11) is 1.53. The van der Waals surface area contributed by atoms with Gasteiger partial charge >= 0.3 is 11.9 Å². The first-order valence-corrected chi connectivity index (χ1v) is 11.0. The highest BCUT2D eigenvalue weighted by Gasteiger charge is 2.21. The number of hydrogen-bond acceptors (Lipinski definition) is 9. The van der Waals surface area contributed by atoms with E-state index in [4.69, 9.17) is 14.2 Å². The molecule has 8 nitrogen and oxygen atoms in total. The van der Waals surface area contributed by atoms with Crippen LogP contribution in [0.5, 0.6) is 0 Å². The van der Waals surface area contributed by atoms with Crippen LogP contribution in [0.4, 0.5) is 5.69 Å². The number of ether oxygens (including phenoxy) is 3. The highest BCUT2D eigenvalue weighted by Crippen LogP contribution is 2.35. The molecule has 10 heteroatoms. The monoisotopic (exact) mass is 460 g/mol. The van der Waals surface area contributed by atoms with Crippen molar-refractivity contribution in [3.8, 4) is 10.4 Å². The number of rotatable bonds is 9. The van der Waals surface area contributed by atoms with E-state index in [-0.39, 0.29) is 23.8 Å².